The molecule has 4 saturated carbocycles. The topological polar surface area (TPSA) is 88.6 Å². The molecule has 3 heterocycles. The Morgan fingerprint density at radius 1 is 1.14 bits per heavy atom. The molecule has 1 aromatic carbocycles. The number of thioether (sulfide) groups is 1. The summed E-state index contributed by atoms with van der Waals surface area (Å²) in [6, 6.07) is 5.17. The van der Waals surface area contributed by atoms with Gasteiger partial charge < -0.3 is 9.64 Å². The Kier molecular flexibility index (Phi) is 5.70. The molecule has 1 saturated heterocycles. The number of nitrogens with one attached hydrogen (secondary N) is 1. The van der Waals surface area contributed by atoms with Crippen molar-refractivity contribution in [3.05, 3.63) is 45.4 Å². The Morgan fingerprint density at radius 2 is 2.03 bits per heavy atom. The SMILES string of the molecule is O=C1CCC(N2Cc3c(SCc4nc(COC5C6CC7CC(C6)C5C7)cs4)cccc3C2=O)C(=O)N1. The van der Waals surface area contributed by atoms with Crippen molar-refractivity contribution in [1.82, 2.24) is 15.2 Å². The molecule has 4 aliphatic carbocycles. The largest absolute Gasteiger partial charge is 0.371 e. The van der Waals surface area contributed by atoms with E-state index in [0.29, 0.717) is 31.2 Å². The Morgan fingerprint density at radius 3 is 2.89 bits per heavy atom. The van der Waals surface area contributed by atoms with Crippen LogP contribution in [0.2, 0.25) is 0 Å². The number of nitrogens with zero attached hydrogens (tertiary/aromatic N) is 2. The third-order valence-electron chi connectivity index (χ3n) is 8.89. The van der Waals surface area contributed by atoms with Crippen molar-refractivity contribution < 1.29 is 19.1 Å². The van der Waals surface area contributed by atoms with Crippen LogP contribution in [-0.2, 0) is 33.2 Å². The van der Waals surface area contributed by atoms with Crippen molar-refractivity contribution >= 4 is 40.8 Å². The van der Waals surface area contributed by atoms with E-state index in [2.05, 4.69) is 10.7 Å². The van der Waals surface area contributed by atoms with Gasteiger partial charge in [-0.15, -0.1) is 23.1 Å². The molecule has 5 fully saturated rings. The van der Waals surface area contributed by atoms with Gasteiger partial charge in [-0.1, -0.05) is 6.07 Å². The van der Waals surface area contributed by atoms with Crippen molar-refractivity contribution in [3.8, 4) is 0 Å². The molecule has 2 aliphatic heterocycles. The number of benzene rings is 1. The van der Waals surface area contributed by atoms with Gasteiger partial charge in [0.1, 0.15) is 11.0 Å². The lowest BCUT2D eigenvalue weighted by Gasteiger charge is -2.31. The van der Waals surface area contributed by atoms with Gasteiger partial charge in [0.2, 0.25) is 11.8 Å². The summed E-state index contributed by atoms with van der Waals surface area (Å²) >= 11 is 3.35. The summed E-state index contributed by atoms with van der Waals surface area (Å²) in [5.74, 6) is 3.37. The summed E-state index contributed by atoms with van der Waals surface area (Å²) in [4.78, 5) is 44.4. The van der Waals surface area contributed by atoms with Crippen LogP contribution in [0.15, 0.2) is 28.5 Å². The third-order valence-corrected chi connectivity index (χ3v) is 11.1. The van der Waals surface area contributed by atoms with E-state index in [0.717, 1.165) is 50.6 Å². The zero-order chi connectivity index (χ0) is 24.4. The summed E-state index contributed by atoms with van der Waals surface area (Å²) < 4.78 is 6.43. The van der Waals surface area contributed by atoms with Crippen LogP contribution in [0, 0.1) is 23.7 Å². The fraction of sp³-hybridized carbons (Fsp3) is 0.556. The molecule has 6 unspecified atom stereocenters. The number of hydrogen-bond acceptors (Lipinski definition) is 7. The fourth-order valence-electron chi connectivity index (χ4n) is 7.43. The maximum atomic E-state index is 13.1. The van der Waals surface area contributed by atoms with Crippen LogP contribution in [0.5, 0.6) is 0 Å². The molecule has 2 aromatic rings. The van der Waals surface area contributed by atoms with Crippen LogP contribution >= 0.6 is 23.1 Å². The van der Waals surface area contributed by atoms with Crippen molar-refractivity contribution in [2.45, 2.75) is 74.5 Å². The van der Waals surface area contributed by atoms with Crippen LogP contribution in [0.4, 0.5) is 0 Å². The van der Waals surface area contributed by atoms with Crippen molar-refractivity contribution in [2.24, 2.45) is 23.7 Å². The first kappa shape index (κ1) is 22.9. The van der Waals surface area contributed by atoms with Gasteiger partial charge in [-0.25, -0.2) is 4.98 Å². The van der Waals surface area contributed by atoms with Crippen LogP contribution in [0.1, 0.15) is 65.1 Å². The number of rotatable bonds is 7. The molecule has 1 aromatic heterocycles. The molecule has 6 aliphatic rings. The normalized spacial score (nSPS) is 32.4. The number of thiazole rings is 1. The van der Waals surface area contributed by atoms with Gasteiger partial charge in [-0.05, 0) is 73.5 Å². The molecule has 9 heteroatoms. The zero-order valence-electron chi connectivity index (χ0n) is 20.0. The number of imide groups is 1. The van der Waals surface area contributed by atoms with E-state index >= 15 is 0 Å². The smallest absolute Gasteiger partial charge is 0.255 e. The van der Waals surface area contributed by atoms with Gasteiger partial charge in [0, 0.05) is 28.8 Å². The lowest BCUT2D eigenvalue weighted by atomic mass is 9.80. The second-order valence-electron chi connectivity index (χ2n) is 11.0. The summed E-state index contributed by atoms with van der Waals surface area (Å²) in [7, 11) is 0. The van der Waals surface area contributed by atoms with E-state index in [4.69, 9.17) is 9.72 Å². The quantitative estimate of drug-likeness (QED) is 0.433. The van der Waals surface area contributed by atoms with E-state index in [9.17, 15) is 14.4 Å². The first-order valence-electron chi connectivity index (χ1n) is 13.0. The van der Waals surface area contributed by atoms with E-state index < -0.39 is 6.04 Å². The zero-order valence-corrected chi connectivity index (χ0v) is 21.6. The predicted octanol–water partition coefficient (Wildman–Crippen LogP) is 4.15. The molecule has 6 atom stereocenters. The second-order valence-corrected chi connectivity index (χ2v) is 12.9. The fourth-order valence-corrected chi connectivity index (χ4v) is 9.31. The van der Waals surface area contributed by atoms with E-state index in [1.807, 2.05) is 18.2 Å². The number of fused-ring (bicyclic) bond motifs is 1. The number of piperidine rings is 1. The van der Waals surface area contributed by atoms with Crippen molar-refractivity contribution in [3.63, 3.8) is 0 Å². The highest BCUT2D eigenvalue weighted by molar-refractivity contribution is 7.98. The highest BCUT2D eigenvalue weighted by Gasteiger charge is 2.54. The van der Waals surface area contributed by atoms with Crippen molar-refractivity contribution in [2.75, 3.05) is 0 Å². The van der Waals surface area contributed by atoms with Crippen LogP contribution in [-0.4, -0.2) is 39.8 Å². The Labute approximate surface area is 218 Å². The minimum atomic E-state index is -0.591. The third kappa shape index (κ3) is 3.90. The second kappa shape index (κ2) is 8.96. The molecule has 3 amide bonds. The van der Waals surface area contributed by atoms with E-state index in [1.54, 1.807) is 28.0 Å². The lowest BCUT2D eigenvalue weighted by Crippen LogP contribution is -2.52. The summed E-state index contributed by atoms with van der Waals surface area (Å²) in [5, 5.41) is 5.53. The average molecular weight is 524 g/mol. The molecular formula is C27H29N3O4S2. The Bertz CT molecular complexity index is 1240. The average Bonchev–Trinajstić information content (AvgIpc) is 3.59. The standard InChI is InChI=1S/C27H29N3O4S2/c31-23-5-4-21(26(32)29-23)30-10-20-18(27(30)33)2-1-3-22(20)35-13-24-28-17(12-36-24)11-34-25-16-7-14-6-15(9-16)19(25)8-14/h1-3,12,14-16,19,21,25H,4-11,13H2,(H,29,31,32). The first-order chi connectivity index (χ1) is 17.5. The molecule has 8 rings (SSSR count). The molecular weight excluding hydrogens is 494 g/mol. The predicted molar refractivity (Wildman–Crippen MR) is 135 cm³/mol. The molecule has 7 nitrogen and oxygen atoms in total. The number of ether oxygens (including phenoxy) is 1. The maximum absolute atomic E-state index is 13.1. The van der Waals surface area contributed by atoms with Gasteiger partial charge in [-0.2, -0.15) is 0 Å². The Balaban J connectivity index is 0.980. The minimum Gasteiger partial charge on any atom is -0.371 e. The van der Waals surface area contributed by atoms with Gasteiger partial charge in [0.05, 0.1) is 24.2 Å². The summed E-state index contributed by atoms with van der Waals surface area (Å²) in [6.45, 7) is 0.999. The van der Waals surface area contributed by atoms with Crippen LogP contribution < -0.4 is 5.32 Å². The molecule has 0 radical (unpaired) electrons. The minimum absolute atomic E-state index is 0.134. The first-order valence-corrected chi connectivity index (χ1v) is 14.8. The molecule has 0 spiro atoms. The van der Waals surface area contributed by atoms with Crippen molar-refractivity contribution in [1.29, 1.82) is 0 Å². The highest BCUT2D eigenvalue weighted by atomic mass is 32.2. The lowest BCUT2D eigenvalue weighted by molar-refractivity contribution is -0.136. The number of aromatic nitrogens is 1. The summed E-state index contributed by atoms with van der Waals surface area (Å²) in [5.41, 5.74) is 2.63. The summed E-state index contributed by atoms with van der Waals surface area (Å²) in [6.07, 6.45) is 6.61. The molecule has 4 bridgehead atoms. The van der Waals surface area contributed by atoms with Gasteiger partial charge in [0.25, 0.3) is 5.91 Å². The van der Waals surface area contributed by atoms with Gasteiger partial charge in [0.15, 0.2) is 0 Å². The number of carbonyl (C=O) groups is 3. The Hall–Kier alpha value is -2.23. The van der Waals surface area contributed by atoms with Crippen LogP contribution in [0.3, 0.4) is 0 Å². The van der Waals surface area contributed by atoms with Gasteiger partial charge in [-0.3, -0.25) is 19.7 Å². The monoisotopic (exact) mass is 523 g/mol. The highest BCUT2D eigenvalue weighted by Crippen LogP contribution is 2.59. The number of hydrogen-bond donors (Lipinski definition) is 1. The number of carbonyl (C=O) groups excluding carboxylic acids is 3. The molecule has 1 N–H and O–H groups in total. The maximum Gasteiger partial charge on any atom is 0.255 e. The molecule has 188 valence electrons. The number of amides is 3. The molecule has 36 heavy (non-hydrogen) atoms. The van der Waals surface area contributed by atoms with Gasteiger partial charge >= 0.3 is 0 Å². The van der Waals surface area contributed by atoms with E-state index in [-0.39, 0.29) is 24.1 Å². The van der Waals surface area contributed by atoms with E-state index in [1.165, 1.54) is 25.7 Å². The van der Waals surface area contributed by atoms with Crippen LogP contribution in [0.25, 0.3) is 0 Å².